The first kappa shape index (κ1) is 27.6. The molecule has 2 heterocycles. The normalized spacial score (nSPS) is 35.8. The van der Waals surface area contributed by atoms with Gasteiger partial charge in [-0.2, -0.15) is 0 Å². The van der Waals surface area contributed by atoms with Gasteiger partial charge in [0.25, 0.3) is 0 Å². The molecule has 142 valence electrons. The van der Waals surface area contributed by atoms with Gasteiger partial charge in [-0.1, -0.05) is 0 Å². The molecule has 2 fully saturated rings. The van der Waals surface area contributed by atoms with Gasteiger partial charge in [-0.05, 0) is 13.8 Å². The minimum atomic E-state index is -5.10. The summed E-state index contributed by atoms with van der Waals surface area (Å²) >= 11 is 0. The van der Waals surface area contributed by atoms with Crippen molar-refractivity contribution in [2.75, 3.05) is 13.2 Å². The Kier molecular flexibility index (Phi) is 11.8. The molecule has 6 atom stereocenters. The molecule has 0 aromatic heterocycles. The quantitative estimate of drug-likeness (QED) is 0.226. The summed E-state index contributed by atoms with van der Waals surface area (Å²) in [6.45, 7) is 2.30. The minimum Gasteiger partial charge on any atom is -0.726 e. The van der Waals surface area contributed by atoms with Crippen molar-refractivity contribution in [3.63, 3.8) is 0 Å². The molecule has 2 rings (SSSR count). The summed E-state index contributed by atoms with van der Waals surface area (Å²) in [7, 11) is -10.2. The Bertz CT molecular complexity index is 584. The number of hydrogen-bond acceptors (Lipinski definition) is 12. The van der Waals surface area contributed by atoms with Crippen LogP contribution in [0.4, 0.5) is 0 Å². The summed E-state index contributed by atoms with van der Waals surface area (Å²) in [5.41, 5.74) is 0. The van der Waals surface area contributed by atoms with Gasteiger partial charge in [-0.25, -0.2) is 16.8 Å². The van der Waals surface area contributed by atoms with E-state index in [1.54, 1.807) is 0 Å². The molecule has 0 aromatic carbocycles. The number of rotatable bonds is 5. The van der Waals surface area contributed by atoms with Crippen molar-refractivity contribution in [2.45, 2.75) is 50.8 Å². The summed E-state index contributed by atoms with van der Waals surface area (Å²) in [5.74, 6) is 0. The van der Waals surface area contributed by atoms with Crippen LogP contribution in [0.2, 0.25) is 0 Å². The molecule has 0 aromatic rings. The zero-order valence-corrected chi connectivity index (χ0v) is 20.2. The van der Waals surface area contributed by atoms with Crippen LogP contribution in [0, 0.1) is 0 Å². The van der Waals surface area contributed by atoms with Crippen molar-refractivity contribution in [3.05, 3.63) is 0 Å². The van der Waals surface area contributed by atoms with E-state index in [4.69, 9.17) is 18.9 Å². The Balaban J connectivity index is 0.00000312. The van der Waals surface area contributed by atoms with Crippen LogP contribution in [-0.4, -0.2) is 76.2 Å². The molecule has 0 radical (unpaired) electrons. The maximum atomic E-state index is 10.9. The predicted octanol–water partition coefficient (Wildman–Crippen LogP) is -7.79. The van der Waals surface area contributed by atoms with E-state index in [-0.39, 0.29) is 72.3 Å². The van der Waals surface area contributed by atoms with Crippen LogP contribution in [-0.2, 0) is 48.1 Å². The summed E-state index contributed by atoms with van der Waals surface area (Å²) in [6.07, 6.45) is -6.99. The van der Waals surface area contributed by atoms with E-state index in [0.29, 0.717) is 0 Å². The van der Waals surface area contributed by atoms with E-state index < -0.39 is 57.8 Å². The minimum absolute atomic E-state index is 0. The molecule has 0 spiro atoms. The van der Waals surface area contributed by atoms with Gasteiger partial charge in [0, 0.05) is 0 Å². The standard InChI is InChI=1S/C10H18O12S2.2Na/c1-5-17-3-7(21-23(11,12)13)9(19-5)10-8(22-24(14,15)16)4-18-6(2)20-10;;/h5-10H,3-4H2,1-2H3,(H,11,12,13)(H,14,15,16);;/q;2*+1/p-2. The van der Waals surface area contributed by atoms with Crippen LogP contribution in [0.5, 0.6) is 0 Å². The van der Waals surface area contributed by atoms with E-state index in [0.717, 1.165) is 0 Å². The Morgan fingerprint density at radius 3 is 1.35 bits per heavy atom. The van der Waals surface area contributed by atoms with E-state index in [1.165, 1.54) is 13.8 Å². The summed E-state index contributed by atoms with van der Waals surface area (Å²) in [4.78, 5) is 0. The molecule has 0 bridgehead atoms. The fourth-order valence-electron chi connectivity index (χ4n) is 2.39. The smallest absolute Gasteiger partial charge is 0.726 e. The third kappa shape index (κ3) is 8.94. The Morgan fingerprint density at radius 1 is 0.769 bits per heavy atom. The average molecular weight is 438 g/mol. The van der Waals surface area contributed by atoms with E-state index in [9.17, 15) is 25.9 Å². The van der Waals surface area contributed by atoms with Gasteiger partial charge >= 0.3 is 59.1 Å². The Morgan fingerprint density at radius 2 is 1.08 bits per heavy atom. The molecule has 0 aliphatic carbocycles. The first-order valence-corrected chi connectivity index (χ1v) is 9.43. The molecular weight excluding hydrogens is 422 g/mol. The van der Waals surface area contributed by atoms with Crippen molar-refractivity contribution >= 4 is 20.8 Å². The first-order valence-electron chi connectivity index (χ1n) is 6.77. The first-order chi connectivity index (χ1) is 10.9. The van der Waals surface area contributed by atoms with Crippen LogP contribution in [0.3, 0.4) is 0 Å². The molecule has 0 amide bonds. The Labute approximate surface area is 195 Å². The second-order valence-corrected chi connectivity index (χ2v) is 7.11. The molecule has 12 nitrogen and oxygen atoms in total. The van der Waals surface area contributed by atoms with Crippen molar-refractivity contribution in [2.24, 2.45) is 0 Å². The maximum absolute atomic E-state index is 10.9. The van der Waals surface area contributed by atoms with Crippen LogP contribution in [0.15, 0.2) is 0 Å². The third-order valence-electron chi connectivity index (χ3n) is 3.23. The number of hydrogen-bond donors (Lipinski definition) is 0. The van der Waals surface area contributed by atoms with Crippen molar-refractivity contribution in [3.8, 4) is 0 Å². The van der Waals surface area contributed by atoms with Crippen LogP contribution in [0.25, 0.3) is 0 Å². The summed E-state index contributed by atoms with van der Waals surface area (Å²) in [6, 6.07) is 0. The number of ether oxygens (including phenoxy) is 4. The molecule has 2 aliphatic heterocycles. The van der Waals surface area contributed by atoms with Gasteiger partial charge in [0.2, 0.25) is 20.8 Å². The zero-order valence-electron chi connectivity index (χ0n) is 14.6. The average Bonchev–Trinajstić information content (AvgIpc) is 2.40. The van der Waals surface area contributed by atoms with Gasteiger partial charge in [-0.15, -0.1) is 0 Å². The molecule has 0 saturated carbocycles. The SMILES string of the molecule is CC1OCC(OS(=O)(=O)[O-])C(C2OC(C)OCC2OS(=O)(=O)[O-])O1.[Na+].[Na+]. The molecular formula is C10H16Na2O12S2. The Hall–Kier alpha value is 1.58. The molecule has 2 aliphatic rings. The van der Waals surface area contributed by atoms with Gasteiger partial charge in [0.05, 0.1) is 13.2 Å². The van der Waals surface area contributed by atoms with E-state index >= 15 is 0 Å². The molecule has 26 heavy (non-hydrogen) atoms. The fraction of sp³-hybridized carbons (Fsp3) is 1.00. The topological polar surface area (TPSA) is 170 Å². The summed E-state index contributed by atoms with van der Waals surface area (Å²) in [5, 5.41) is 0. The van der Waals surface area contributed by atoms with Crippen molar-refractivity contribution in [1.29, 1.82) is 0 Å². The molecule has 16 heteroatoms. The van der Waals surface area contributed by atoms with Gasteiger partial charge in [0.15, 0.2) is 12.6 Å². The van der Waals surface area contributed by atoms with Crippen LogP contribution < -0.4 is 59.1 Å². The molecule has 0 N–H and O–H groups in total. The van der Waals surface area contributed by atoms with Gasteiger partial charge in [-0.3, -0.25) is 8.37 Å². The van der Waals surface area contributed by atoms with Crippen molar-refractivity contribution in [1.82, 2.24) is 0 Å². The van der Waals surface area contributed by atoms with E-state index in [2.05, 4.69) is 8.37 Å². The summed E-state index contributed by atoms with van der Waals surface area (Å²) < 4.78 is 94.7. The van der Waals surface area contributed by atoms with Crippen LogP contribution in [0.1, 0.15) is 13.8 Å². The second kappa shape index (κ2) is 11.1. The van der Waals surface area contributed by atoms with E-state index in [1.807, 2.05) is 0 Å². The fourth-order valence-corrected chi connectivity index (χ4v) is 3.33. The van der Waals surface area contributed by atoms with Crippen LogP contribution >= 0.6 is 0 Å². The van der Waals surface area contributed by atoms with Crippen molar-refractivity contribution < 1.29 is 112 Å². The van der Waals surface area contributed by atoms with Gasteiger partial charge in [0.1, 0.15) is 24.4 Å². The largest absolute Gasteiger partial charge is 1.00 e. The monoisotopic (exact) mass is 438 g/mol. The third-order valence-corrected chi connectivity index (χ3v) is 4.19. The van der Waals surface area contributed by atoms with Gasteiger partial charge < -0.3 is 28.1 Å². The maximum Gasteiger partial charge on any atom is 1.00 e. The molecule has 2 saturated heterocycles. The predicted molar refractivity (Wildman–Crippen MR) is 69.7 cm³/mol. The molecule has 6 unspecified atom stereocenters. The zero-order chi connectivity index (χ0) is 18.1. The second-order valence-electron chi connectivity index (χ2n) is 5.09.